The van der Waals surface area contributed by atoms with Crippen molar-refractivity contribution in [2.24, 2.45) is 11.8 Å². The van der Waals surface area contributed by atoms with Crippen LogP contribution >= 0.6 is 0 Å². The number of carbonyl (C=O) groups is 1. The standard InChI is InChI=1S/C24H35N5O/c1-17(2)24(30)25-19-8-9-22-20(14-19)26-23-16-27(12-13-29(22)23)15-18-6-5-11-28-10-4-3-7-21(18)28/h8-9,14,17-18,21H,3-7,10-13,15-16H2,1-2H3,(H,25,30)/t18-,21-/m1/s1. The van der Waals surface area contributed by atoms with Crippen LogP contribution < -0.4 is 5.32 Å². The van der Waals surface area contributed by atoms with Crippen molar-refractivity contribution in [3.63, 3.8) is 0 Å². The van der Waals surface area contributed by atoms with Gasteiger partial charge in [0.2, 0.25) is 5.91 Å². The number of aromatic nitrogens is 2. The summed E-state index contributed by atoms with van der Waals surface area (Å²) in [5.74, 6) is 2.01. The molecule has 4 heterocycles. The highest BCUT2D eigenvalue weighted by molar-refractivity contribution is 5.94. The smallest absolute Gasteiger partial charge is 0.226 e. The highest BCUT2D eigenvalue weighted by Gasteiger charge is 2.34. The molecular weight excluding hydrogens is 374 g/mol. The SMILES string of the molecule is CC(C)C(=O)Nc1ccc2c(c1)nc1n2CCN(C[C@H]2CCCN3CCCC[C@H]23)C1. The van der Waals surface area contributed by atoms with Gasteiger partial charge in [0.25, 0.3) is 0 Å². The van der Waals surface area contributed by atoms with Gasteiger partial charge in [-0.25, -0.2) is 4.98 Å². The third kappa shape index (κ3) is 3.87. The lowest BCUT2D eigenvalue weighted by molar-refractivity contribution is -0.118. The Bertz CT molecular complexity index is 918. The molecule has 1 amide bonds. The van der Waals surface area contributed by atoms with Crippen molar-refractivity contribution in [3.05, 3.63) is 24.0 Å². The summed E-state index contributed by atoms with van der Waals surface area (Å²) in [6.45, 7) is 10.7. The molecule has 2 atom stereocenters. The molecule has 3 aliphatic rings. The molecule has 30 heavy (non-hydrogen) atoms. The van der Waals surface area contributed by atoms with Gasteiger partial charge >= 0.3 is 0 Å². The molecule has 0 radical (unpaired) electrons. The first kappa shape index (κ1) is 20.0. The molecule has 2 aromatic rings. The van der Waals surface area contributed by atoms with E-state index in [1.54, 1.807) is 0 Å². The minimum atomic E-state index is -0.0238. The van der Waals surface area contributed by atoms with Crippen molar-refractivity contribution in [1.82, 2.24) is 19.4 Å². The first-order valence-electron chi connectivity index (χ1n) is 11.8. The van der Waals surface area contributed by atoms with Crippen molar-refractivity contribution < 1.29 is 4.79 Å². The number of carbonyl (C=O) groups excluding carboxylic acids is 1. The Labute approximate surface area is 179 Å². The van der Waals surface area contributed by atoms with E-state index in [0.717, 1.165) is 42.8 Å². The van der Waals surface area contributed by atoms with Crippen molar-refractivity contribution in [1.29, 1.82) is 0 Å². The molecule has 2 fully saturated rings. The van der Waals surface area contributed by atoms with Crippen LogP contribution in [-0.4, -0.2) is 57.5 Å². The minimum absolute atomic E-state index is 0.0238. The molecule has 0 aliphatic carbocycles. The lowest BCUT2D eigenvalue weighted by Crippen LogP contribution is -2.51. The third-order valence-corrected chi connectivity index (χ3v) is 7.35. The first-order chi connectivity index (χ1) is 14.6. The molecule has 6 heteroatoms. The zero-order chi connectivity index (χ0) is 20.7. The predicted octanol–water partition coefficient (Wildman–Crippen LogP) is 3.71. The summed E-state index contributed by atoms with van der Waals surface area (Å²) >= 11 is 0. The van der Waals surface area contributed by atoms with E-state index in [1.165, 1.54) is 63.1 Å². The maximum absolute atomic E-state index is 12.0. The lowest BCUT2D eigenvalue weighted by Gasteiger charge is -2.46. The number of fused-ring (bicyclic) bond motifs is 4. The van der Waals surface area contributed by atoms with E-state index in [2.05, 4.69) is 25.8 Å². The molecule has 1 aromatic carbocycles. The molecule has 1 N–H and O–H groups in total. The Balaban J connectivity index is 1.29. The van der Waals surface area contributed by atoms with E-state index in [0.29, 0.717) is 0 Å². The lowest BCUT2D eigenvalue weighted by atomic mass is 9.83. The monoisotopic (exact) mass is 409 g/mol. The van der Waals surface area contributed by atoms with Gasteiger partial charge in [0, 0.05) is 37.3 Å². The maximum Gasteiger partial charge on any atom is 0.226 e. The molecule has 3 aliphatic heterocycles. The van der Waals surface area contributed by atoms with Crippen LogP contribution in [0.25, 0.3) is 11.0 Å². The molecule has 0 unspecified atom stereocenters. The minimum Gasteiger partial charge on any atom is -0.326 e. The Kier molecular flexibility index (Phi) is 5.54. The average molecular weight is 410 g/mol. The van der Waals surface area contributed by atoms with Crippen LogP contribution in [0.2, 0.25) is 0 Å². The van der Waals surface area contributed by atoms with Gasteiger partial charge in [0.1, 0.15) is 5.82 Å². The van der Waals surface area contributed by atoms with Gasteiger partial charge in [0.15, 0.2) is 0 Å². The summed E-state index contributed by atoms with van der Waals surface area (Å²) < 4.78 is 2.37. The van der Waals surface area contributed by atoms with Gasteiger partial charge in [-0.15, -0.1) is 0 Å². The Morgan fingerprint density at radius 2 is 2.00 bits per heavy atom. The molecule has 0 bridgehead atoms. The highest BCUT2D eigenvalue weighted by Crippen LogP contribution is 2.32. The number of piperidine rings is 2. The number of amides is 1. The van der Waals surface area contributed by atoms with E-state index in [4.69, 9.17) is 4.98 Å². The average Bonchev–Trinajstić information content (AvgIpc) is 3.10. The van der Waals surface area contributed by atoms with Gasteiger partial charge in [-0.1, -0.05) is 20.3 Å². The molecule has 2 saturated heterocycles. The second-order valence-corrected chi connectivity index (χ2v) is 9.76. The second kappa shape index (κ2) is 8.31. The third-order valence-electron chi connectivity index (χ3n) is 7.35. The van der Waals surface area contributed by atoms with Crippen LogP contribution in [0.3, 0.4) is 0 Å². The van der Waals surface area contributed by atoms with Gasteiger partial charge < -0.3 is 14.8 Å². The number of hydrogen-bond acceptors (Lipinski definition) is 4. The summed E-state index contributed by atoms with van der Waals surface area (Å²) in [6.07, 6.45) is 6.92. The van der Waals surface area contributed by atoms with Crippen LogP contribution in [0, 0.1) is 11.8 Å². The fourth-order valence-corrected chi connectivity index (χ4v) is 5.71. The number of hydrogen-bond donors (Lipinski definition) is 1. The summed E-state index contributed by atoms with van der Waals surface area (Å²) in [4.78, 5) is 22.4. The zero-order valence-electron chi connectivity index (χ0n) is 18.4. The highest BCUT2D eigenvalue weighted by atomic mass is 16.1. The molecule has 0 saturated carbocycles. The normalized spacial score (nSPS) is 25.3. The maximum atomic E-state index is 12.0. The molecule has 0 spiro atoms. The van der Waals surface area contributed by atoms with Crippen molar-refractivity contribution in [2.75, 3.05) is 31.5 Å². The Morgan fingerprint density at radius 1 is 1.13 bits per heavy atom. The van der Waals surface area contributed by atoms with Gasteiger partial charge in [-0.3, -0.25) is 9.69 Å². The zero-order valence-corrected chi connectivity index (χ0v) is 18.4. The first-order valence-corrected chi connectivity index (χ1v) is 11.8. The second-order valence-electron chi connectivity index (χ2n) is 9.76. The fourth-order valence-electron chi connectivity index (χ4n) is 5.71. The van der Waals surface area contributed by atoms with E-state index in [-0.39, 0.29) is 11.8 Å². The van der Waals surface area contributed by atoms with Crippen LogP contribution in [0.5, 0.6) is 0 Å². The number of anilines is 1. The fraction of sp³-hybridized carbons (Fsp3) is 0.667. The molecule has 6 nitrogen and oxygen atoms in total. The number of imidazole rings is 1. The Hall–Kier alpha value is -1.92. The Morgan fingerprint density at radius 3 is 2.87 bits per heavy atom. The summed E-state index contributed by atoms with van der Waals surface area (Å²) in [7, 11) is 0. The van der Waals surface area contributed by atoms with Crippen molar-refractivity contribution in [3.8, 4) is 0 Å². The quantitative estimate of drug-likeness (QED) is 0.836. The largest absolute Gasteiger partial charge is 0.326 e. The molecule has 5 rings (SSSR count). The predicted molar refractivity (Wildman–Crippen MR) is 120 cm³/mol. The molecular formula is C24H35N5O. The van der Waals surface area contributed by atoms with Crippen molar-refractivity contribution >= 4 is 22.6 Å². The number of benzene rings is 1. The van der Waals surface area contributed by atoms with Crippen LogP contribution in [-0.2, 0) is 17.9 Å². The van der Waals surface area contributed by atoms with Crippen molar-refractivity contribution in [2.45, 2.75) is 65.1 Å². The van der Waals surface area contributed by atoms with E-state index in [1.807, 2.05) is 26.0 Å². The number of nitrogens with zero attached hydrogens (tertiary/aromatic N) is 4. The van der Waals surface area contributed by atoms with Gasteiger partial charge in [-0.2, -0.15) is 0 Å². The van der Waals surface area contributed by atoms with Crippen LogP contribution in [0.15, 0.2) is 18.2 Å². The van der Waals surface area contributed by atoms with E-state index < -0.39 is 0 Å². The van der Waals surface area contributed by atoms with E-state index >= 15 is 0 Å². The topological polar surface area (TPSA) is 53.4 Å². The molecule has 1 aromatic heterocycles. The van der Waals surface area contributed by atoms with Crippen LogP contribution in [0.1, 0.15) is 51.8 Å². The summed E-state index contributed by atoms with van der Waals surface area (Å²) in [5, 5.41) is 3.00. The number of rotatable bonds is 4. The van der Waals surface area contributed by atoms with Crippen LogP contribution in [0.4, 0.5) is 5.69 Å². The van der Waals surface area contributed by atoms with Gasteiger partial charge in [-0.05, 0) is 62.9 Å². The summed E-state index contributed by atoms with van der Waals surface area (Å²) in [6, 6.07) is 6.94. The summed E-state index contributed by atoms with van der Waals surface area (Å²) in [5.41, 5.74) is 3.01. The van der Waals surface area contributed by atoms with Gasteiger partial charge in [0.05, 0.1) is 17.6 Å². The van der Waals surface area contributed by atoms with E-state index in [9.17, 15) is 4.79 Å². The molecule has 162 valence electrons. The number of nitrogens with one attached hydrogen (secondary N) is 1.